The second-order valence-electron chi connectivity index (χ2n) is 3.61. The predicted octanol–water partition coefficient (Wildman–Crippen LogP) is 0.152. The summed E-state index contributed by atoms with van der Waals surface area (Å²) in [5.41, 5.74) is 0.627. The maximum absolute atomic E-state index is 13.3. The van der Waals surface area contributed by atoms with E-state index in [9.17, 15) is 17.6 Å². The number of primary sulfonamides is 1. The first-order chi connectivity index (χ1) is 7.79. The first-order valence-corrected chi connectivity index (χ1v) is 6.56. The Balaban J connectivity index is 2.67. The van der Waals surface area contributed by atoms with Gasteiger partial charge in [0.2, 0.25) is 10.0 Å². The van der Waals surface area contributed by atoms with Crippen LogP contribution in [0, 0.1) is 12.7 Å². The Bertz CT molecular complexity index is 528. The second kappa shape index (κ2) is 5.24. The fourth-order valence-electron chi connectivity index (χ4n) is 1.22. The molecule has 0 heterocycles. The number of carbonyl (C=O) groups excluding carboxylic acids is 1. The quantitative estimate of drug-likeness (QED) is 0.807. The maximum Gasteiger partial charge on any atom is 0.254 e. The Kier molecular flexibility index (Phi) is 4.19. The number of nitrogens with one attached hydrogen (secondary N) is 1. The van der Waals surface area contributed by atoms with Gasteiger partial charge in [0, 0.05) is 6.54 Å². The van der Waals surface area contributed by atoms with Crippen LogP contribution in [0.15, 0.2) is 18.2 Å². The van der Waals surface area contributed by atoms with E-state index >= 15 is 0 Å². The lowest BCUT2D eigenvalue weighted by Crippen LogP contribution is -2.31. The molecule has 0 aliphatic rings. The van der Waals surface area contributed by atoms with Gasteiger partial charge in [-0.15, -0.1) is 0 Å². The van der Waals surface area contributed by atoms with Crippen LogP contribution in [0.3, 0.4) is 0 Å². The Morgan fingerprint density at radius 2 is 2.12 bits per heavy atom. The number of benzene rings is 1. The topological polar surface area (TPSA) is 89.3 Å². The molecule has 3 N–H and O–H groups in total. The number of hydrogen-bond acceptors (Lipinski definition) is 3. The molecule has 1 amide bonds. The van der Waals surface area contributed by atoms with Crippen molar-refractivity contribution in [3.8, 4) is 0 Å². The Morgan fingerprint density at radius 3 is 2.71 bits per heavy atom. The largest absolute Gasteiger partial charge is 0.351 e. The zero-order chi connectivity index (χ0) is 13.1. The number of nitrogens with two attached hydrogens (primary N) is 1. The third-order valence-corrected chi connectivity index (χ3v) is 2.81. The van der Waals surface area contributed by atoms with E-state index in [1.165, 1.54) is 18.2 Å². The Hall–Kier alpha value is -1.47. The third-order valence-electron chi connectivity index (χ3n) is 2.04. The van der Waals surface area contributed by atoms with Crippen LogP contribution in [0.4, 0.5) is 4.39 Å². The van der Waals surface area contributed by atoms with Gasteiger partial charge in [0.05, 0.1) is 11.3 Å². The van der Waals surface area contributed by atoms with E-state index in [0.29, 0.717) is 0 Å². The van der Waals surface area contributed by atoms with Gasteiger partial charge < -0.3 is 5.32 Å². The molecule has 7 heteroatoms. The molecule has 1 aromatic carbocycles. The number of halogens is 1. The number of aryl methyl sites for hydroxylation is 1. The summed E-state index contributed by atoms with van der Waals surface area (Å²) in [6.07, 6.45) is 0. The molecule has 0 fully saturated rings. The number of sulfonamides is 1. The van der Waals surface area contributed by atoms with Crippen molar-refractivity contribution in [3.63, 3.8) is 0 Å². The fraction of sp³-hybridized carbons (Fsp3) is 0.300. The lowest BCUT2D eigenvalue weighted by atomic mass is 10.1. The van der Waals surface area contributed by atoms with Gasteiger partial charge in [-0.1, -0.05) is 11.6 Å². The molecule has 0 aliphatic carbocycles. The molecule has 0 atom stereocenters. The van der Waals surface area contributed by atoms with Crippen LogP contribution in [0.1, 0.15) is 15.9 Å². The highest BCUT2D eigenvalue weighted by atomic mass is 32.2. The van der Waals surface area contributed by atoms with Crippen molar-refractivity contribution < 1.29 is 17.6 Å². The van der Waals surface area contributed by atoms with Gasteiger partial charge in [0.25, 0.3) is 5.91 Å². The van der Waals surface area contributed by atoms with Crippen LogP contribution in [0.5, 0.6) is 0 Å². The Labute approximate surface area is 98.9 Å². The number of amides is 1. The van der Waals surface area contributed by atoms with E-state index in [4.69, 9.17) is 5.14 Å². The summed E-state index contributed by atoms with van der Waals surface area (Å²) in [5.74, 6) is -1.69. The molecule has 0 bridgehead atoms. The molecule has 0 aromatic heterocycles. The SMILES string of the molecule is Cc1ccc(F)c(C(=O)NCCS(N)(=O)=O)c1. The van der Waals surface area contributed by atoms with Crippen molar-refractivity contribution in [2.45, 2.75) is 6.92 Å². The van der Waals surface area contributed by atoms with Crippen LogP contribution in [0.2, 0.25) is 0 Å². The highest BCUT2D eigenvalue weighted by Crippen LogP contribution is 2.09. The highest BCUT2D eigenvalue weighted by Gasteiger charge is 2.12. The van der Waals surface area contributed by atoms with Gasteiger partial charge in [-0.2, -0.15) is 0 Å². The fourth-order valence-corrected chi connectivity index (χ4v) is 1.60. The van der Waals surface area contributed by atoms with Crippen molar-refractivity contribution in [1.29, 1.82) is 0 Å². The standard InChI is InChI=1S/C10H13FN2O3S/c1-7-2-3-9(11)8(6-7)10(14)13-4-5-17(12,15)16/h2-3,6H,4-5H2,1H3,(H,13,14)(H2,12,15,16). The van der Waals surface area contributed by atoms with Gasteiger partial charge in [-0.3, -0.25) is 4.79 Å². The molecule has 5 nitrogen and oxygen atoms in total. The molecule has 0 aliphatic heterocycles. The van der Waals surface area contributed by atoms with Crippen LogP contribution < -0.4 is 10.5 Å². The van der Waals surface area contributed by atoms with Gasteiger partial charge in [0.15, 0.2) is 0 Å². The van der Waals surface area contributed by atoms with Crippen molar-refractivity contribution >= 4 is 15.9 Å². The van der Waals surface area contributed by atoms with Crippen molar-refractivity contribution in [2.24, 2.45) is 5.14 Å². The van der Waals surface area contributed by atoms with Gasteiger partial charge in [0.1, 0.15) is 5.82 Å². The van der Waals surface area contributed by atoms with E-state index in [-0.39, 0.29) is 17.9 Å². The monoisotopic (exact) mass is 260 g/mol. The number of carbonyl (C=O) groups is 1. The number of rotatable bonds is 4. The minimum atomic E-state index is -3.63. The molecule has 17 heavy (non-hydrogen) atoms. The van der Waals surface area contributed by atoms with Crippen LogP contribution in [0.25, 0.3) is 0 Å². The van der Waals surface area contributed by atoms with Crippen molar-refractivity contribution in [2.75, 3.05) is 12.3 Å². The summed E-state index contributed by atoms with van der Waals surface area (Å²) in [6, 6.07) is 4.11. The first kappa shape index (κ1) is 13.6. The van der Waals surface area contributed by atoms with Gasteiger partial charge in [-0.25, -0.2) is 17.9 Å². The molecule has 0 unspecified atom stereocenters. The normalized spacial score (nSPS) is 11.2. The van der Waals surface area contributed by atoms with E-state index in [1.54, 1.807) is 6.92 Å². The van der Waals surface area contributed by atoms with Crippen molar-refractivity contribution in [1.82, 2.24) is 5.32 Å². The van der Waals surface area contributed by atoms with E-state index in [2.05, 4.69) is 5.32 Å². The molecule has 0 saturated carbocycles. The molecule has 1 aromatic rings. The summed E-state index contributed by atoms with van der Waals surface area (Å²) in [6.45, 7) is 1.58. The first-order valence-electron chi connectivity index (χ1n) is 4.84. The summed E-state index contributed by atoms with van der Waals surface area (Å²) >= 11 is 0. The molecule has 0 saturated heterocycles. The van der Waals surface area contributed by atoms with Gasteiger partial charge >= 0.3 is 0 Å². The predicted molar refractivity (Wildman–Crippen MR) is 61.4 cm³/mol. The van der Waals surface area contributed by atoms with Crippen molar-refractivity contribution in [3.05, 3.63) is 35.1 Å². The molecule has 1 rings (SSSR count). The highest BCUT2D eigenvalue weighted by molar-refractivity contribution is 7.89. The molecular formula is C10H13FN2O3S. The van der Waals surface area contributed by atoms with E-state index in [0.717, 1.165) is 5.56 Å². The minimum absolute atomic E-state index is 0.112. The van der Waals surface area contributed by atoms with E-state index in [1.807, 2.05) is 0 Å². The van der Waals surface area contributed by atoms with Gasteiger partial charge in [-0.05, 0) is 19.1 Å². The molecule has 0 radical (unpaired) electrons. The van der Waals surface area contributed by atoms with Crippen LogP contribution in [-0.2, 0) is 10.0 Å². The van der Waals surface area contributed by atoms with Crippen LogP contribution in [-0.4, -0.2) is 26.6 Å². The third kappa shape index (κ3) is 4.49. The Morgan fingerprint density at radius 1 is 1.47 bits per heavy atom. The van der Waals surface area contributed by atoms with Crippen LogP contribution >= 0.6 is 0 Å². The number of hydrogen-bond donors (Lipinski definition) is 2. The smallest absolute Gasteiger partial charge is 0.254 e. The average Bonchev–Trinajstić information content (AvgIpc) is 2.19. The molecule has 0 spiro atoms. The second-order valence-corrected chi connectivity index (χ2v) is 5.34. The summed E-state index contributed by atoms with van der Waals surface area (Å²) < 4.78 is 34.5. The van der Waals surface area contributed by atoms with E-state index < -0.39 is 21.7 Å². The maximum atomic E-state index is 13.3. The minimum Gasteiger partial charge on any atom is -0.351 e. The average molecular weight is 260 g/mol. The summed E-state index contributed by atoms with van der Waals surface area (Å²) in [4.78, 5) is 11.5. The summed E-state index contributed by atoms with van der Waals surface area (Å²) in [5, 5.41) is 7.05. The molecular weight excluding hydrogens is 247 g/mol. The lowest BCUT2D eigenvalue weighted by molar-refractivity contribution is 0.0952. The zero-order valence-corrected chi connectivity index (χ0v) is 10.1. The summed E-state index contributed by atoms with van der Waals surface area (Å²) in [7, 11) is -3.63. The zero-order valence-electron chi connectivity index (χ0n) is 9.23. The lowest BCUT2D eigenvalue weighted by Gasteiger charge is -2.06. The molecule has 94 valence electrons.